The molecule has 6 rings (SSSR count). The molecule has 3 aliphatic heterocycles. The van der Waals surface area contributed by atoms with Crippen LogP contribution in [-0.4, -0.2) is 58.6 Å². The Hall–Kier alpha value is -2.63. The van der Waals surface area contributed by atoms with Crippen LogP contribution < -0.4 is 5.32 Å². The molecule has 0 spiro atoms. The van der Waals surface area contributed by atoms with Crippen LogP contribution in [0.25, 0.3) is 0 Å². The number of hydrogen-bond acceptors (Lipinski definition) is 4. The number of piperidine rings is 1. The van der Waals surface area contributed by atoms with Crippen molar-refractivity contribution in [2.24, 2.45) is 0 Å². The van der Waals surface area contributed by atoms with Crippen molar-refractivity contribution in [3.8, 4) is 5.75 Å². The summed E-state index contributed by atoms with van der Waals surface area (Å²) in [5.74, 6) is 0.328. The van der Waals surface area contributed by atoms with Gasteiger partial charge in [-0.1, -0.05) is 56.0 Å². The van der Waals surface area contributed by atoms with E-state index in [2.05, 4.69) is 39.9 Å². The number of fused-ring (bicyclic) bond motifs is 2. The summed E-state index contributed by atoms with van der Waals surface area (Å²) in [7, 11) is 0. The Bertz CT molecular complexity index is 985. The summed E-state index contributed by atoms with van der Waals surface area (Å²) in [6.45, 7) is 6.92. The molecule has 2 aromatic carbocycles. The number of nitrogens with one attached hydrogen (secondary N) is 1. The maximum atomic E-state index is 12.9. The SMILES string of the molecule is C=CCN1CC2CC(C1)N2C(c1ccc(C(=O)NC2CCCCCC2)cc1)c1cccc(O)c1. The number of benzene rings is 2. The van der Waals surface area contributed by atoms with Gasteiger partial charge in [0.05, 0.1) is 6.04 Å². The van der Waals surface area contributed by atoms with E-state index in [4.69, 9.17) is 0 Å². The van der Waals surface area contributed by atoms with E-state index in [1.54, 1.807) is 6.07 Å². The van der Waals surface area contributed by atoms with Crippen LogP contribution in [0.15, 0.2) is 61.2 Å². The first kappa shape index (κ1) is 23.1. The van der Waals surface area contributed by atoms with E-state index >= 15 is 0 Å². The van der Waals surface area contributed by atoms with E-state index in [1.165, 1.54) is 37.7 Å². The molecule has 2 aromatic rings. The number of piperazine rings is 1. The van der Waals surface area contributed by atoms with E-state index in [0.717, 1.165) is 43.6 Å². The Morgan fingerprint density at radius 1 is 1.03 bits per heavy atom. The fourth-order valence-electron chi connectivity index (χ4n) is 6.22. The van der Waals surface area contributed by atoms with Gasteiger partial charge in [-0.3, -0.25) is 14.6 Å². The molecule has 5 heteroatoms. The third-order valence-corrected chi connectivity index (χ3v) is 7.88. The minimum absolute atomic E-state index is 0.0354. The number of rotatable bonds is 7. The molecule has 0 aromatic heterocycles. The lowest BCUT2D eigenvalue weighted by Gasteiger charge is -2.59. The third kappa shape index (κ3) is 4.91. The number of phenols is 1. The van der Waals surface area contributed by atoms with Crippen LogP contribution in [0.5, 0.6) is 5.75 Å². The number of hydrogen-bond donors (Lipinski definition) is 2. The van der Waals surface area contributed by atoms with Gasteiger partial charge >= 0.3 is 0 Å². The molecule has 3 heterocycles. The van der Waals surface area contributed by atoms with E-state index in [-0.39, 0.29) is 11.9 Å². The lowest BCUT2D eigenvalue weighted by Crippen LogP contribution is -2.69. The van der Waals surface area contributed by atoms with Gasteiger partial charge in [0.2, 0.25) is 0 Å². The number of nitrogens with zero attached hydrogens (tertiary/aromatic N) is 2. The molecular weight excluding hydrogens is 422 g/mol. The molecule has 1 aliphatic carbocycles. The summed E-state index contributed by atoms with van der Waals surface area (Å²) in [6, 6.07) is 17.1. The molecule has 3 atom stereocenters. The summed E-state index contributed by atoms with van der Waals surface area (Å²) in [6.07, 6.45) is 10.3. The van der Waals surface area contributed by atoms with Crippen molar-refractivity contribution >= 4 is 5.91 Å². The van der Waals surface area contributed by atoms with Crippen molar-refractivity contribution in [1.29, 1.82) is 0 Å². The van der Waals surface area contributed by atoms with Crippen molar-refractivity contribution in [1.82, 2.24) is 15.1 Å². The average Bonchev–Trinajstić information content (AvgIpc) is 3.11. The standard InChI is InChI=1S/C29H37N3O2/c1-2-16-31-19-25-18-26(20-31)32(25)28(23-8-7-11-27(33)17-23)21-12-14-22(15-13-21)29(34)30-24-9-5-3-4-6-10-24/h2,7-8,11-15,17,24-26,28,33H,1,3-6,9-10,16,18-20H2,(H,30,34). The molecule has 4 fully saturated rings. The third-order valence-electron chi connectivity index (χ3n) is 7.88. The average molecular weight is 460 g/mol. The predicted octanol–water partition coefficient (Wildman–Crippen LogP) is 4.88. The van der Waals surface area contributed by atoms with E-state index in [0.29, 0.717) is 23.9 Å². The predicted molar refractivity (Wildman–Crippen MR) is 136 cm³/mol. The van der Waals surface area contributed by atoms with Gasteiger partial charge in [-0.05, 0) is 54.7 Å². The first-order valence-corrected chi connectivity index (χ1v) is 12.9. The van der Waals surface area contributed by atoms with Crippen LogP contribution in [-0.2, 0) is 0 Å². The number of phenolic OH excluding ortho intramolecular Hbond substituents is 1. The van der Waals surface area contributed by atoms with Crippen LogP contribution in [0.3, 0.4) is 0 Å². The number of aromatic hydroxyl groups is 1. The maximum absolute atomic E-state index is 12.9. The molecular formula is C29H37N3O2. The van der Waals surface area contributed by atoms with E-state index in [9.17, 15) is 9.90 Å². The minimum Gasteiger partial charge on any atom is -0.508 e. The molecule has 1 saturated carbocycles. The zero-order chi connectivity index (χ0) is 23.5. The zero-order valence-electron chi connectivity index (χ0n) is 20.0. The van der Waals surface area contributed by atoms with Crippen molar-refractivity contribution in [3.63, 3.8) is 0 Å². The second kappa shape index (κ2) is 10.3. The van der Waals surface area contributed by atoms with Gasteiger partial charge in [0.15, 0.2) is 0 Å². The van der Waals surface area contributed by atoms with Crippen LogP contribution in [0, 0.1) is 0 Å². The first-order valence-electron chi connectivity index (χ1n) is 12.9. The number of amides is 1. The van der Waals surface area contributed by atoms with Gasteiger partial charge in [-0.15, -0.1) is 6.58 Å². The quantitative estimate of drug-likeness (QED) is 0.458. The highest BCUT2D eigenvalue weighted by atomic mass is 16.3. The molecule has 5 nitrogen and oxygen atoms in total. The second-order valence-electron chi connectivity index (χ2n) is 10.3. The lowest BCUT2D eigenvalue weighted by atomic mass is 9.81. The van der Waals surface area contributed by atoms with Crippen LogP contribution in [0.4, 0.5) is 0 Å². The zero-order valence-corrected chi connectivity index (χ0v) is 20.0. The lowest BCUT2D eigenvalue weighted by molar-refractivity contribution is -0.0850. The van der Waals surface area contributed by atoms with Gasteiger partial charge in [0.25, 0.3) is 5.91 Å². The topological polar surface area (TPSA) is 55.8 Å². The number of carbonyl (C=O) groups excluding carboxylic acids is 1. The molecule has 3 unspecified atom stereocenters. The van der Waals surface area contributed by atoms with Gasteiger partial charge in [-0.2, -0.15) is 0 Å². The number of carbonyl (C=O) groups is 1. The van der Waals surface area contributed by atoms with Crippen molar-refractivity contribution in [2.75, 3.05) is 19.6 Å². The Kier molecular flexibility index (Phi) is 7.02. The summed E-state index contributed by atoms with van der Waals surface area (Å²) in [5, 5.41) is 13.5. The maximum Gasteiger partial charge on any atom is 0.251 e. The minimum atomic E-state index is 0.0354. The van der Waals surface area contributed by atoms with Crippen molar-refractivity contribution in [3.05, 3.63) is 77.9 Å². The van der Waals surface area contributed by atoms with Gasteiger partial charge in [0, 0.05) is 43.3 Å². The molecule has 4 aliphatic rings. The highest BCUT2D eigenvalue weighted by Crippen LogP contribution is 2.43. The Balaban J connectivity index is 1.36. The summed E-state index contributed by atoms with van der Waals surface area (Å²) in [5.41, 5.74) is 3.00. The Morgan fingerprint density at radius 2 is 1.74 bits per heavy atom. The van der Waals surface area contributed by atoms with Crippen molar-refractivity contribution < 1.29 is 9.90 Å². The fourth-order valence-corrected chi connectivity index (χ4v) is 6.22. The van der Waals surface area contributed by atoms with E-state index in [1.807, 2.05) is 30.3 Å². The largest absolute Gasteiger partial charge is 0.508 e. The summed E-state index contributed by atoms with van der Waals surface area (Å²) in [4.78, 5) is 18.0. The smallest absolute Gasteiger partial charge is 0.251 e. The molecule has 3 saturated heterocycles. The van der Waals surface area contributed by atoms with Crippen LogP contribution in [0.2, 0.25) is 0 Å². The summed E-state index contributed by atoms with van der Waals surface area (Å²) >= 11 is 0. The summed E-state index contributed by atoms with van der Waals surface area (Å²) < 4.78 is 0. The second-order valence-corrected chi connectivity index (χ2v) is 10.3. The van der Waals surface area contributed by atoms with Gasteiger partial charge in [0.1, 0.15) is 5.75 Å². The molecule has 0 radical (unpaired) electrons. The molecule has 2 bridgehead atoms. The molecule has 34 heavy (non-hydrogen) atoms. The van der Waals surface area contributed by atoms with E-state index < -0.39 is 0 Å². The normalized spacial score (nSPS) is 24.6. The van der Waals surface area contributed by atoms with Gasteiger partial charge < -0.3 is 10.4 Å². The highest BCUT2D eigenvalue weighted by Gasteiger charge is 2.48. The molecule has 2 N–H and O–H groups in total. The van der Waals surface area contributed by atoms with Crippen LogP contribution >= 0.6 is 0 Å². The Morgan fingerprint density at radius 3 is 2.38 bits per heavy atom. The Labute approximate surface area is 203 Å². The highest BCUT2D eigenvalue weighted by molar-refractivity contribution is 5.94. The molecule has 1 amide bonds. The fraction of sp³-hybridized carbons (Fsp3) is 0.483. The monoisotopic (exact) mass is 459 g/mol. The first-order chi connectivity index (χ1) is 16.6. The van der Waals surface area contributed by atoms with Crippen LogP contribution in [0.1, 0.15) is 72.5 Å². The molecule has 180 valence electrons. The van der Waals surface area contributed by atoms with Gasteiger partial charge in [-0.25, -0.2) is 0 Å². The van der Waals surface area contributed by atoms with Crippen molar-refractivity contribution in [2.45, 2.75) is 69.1 Å².